The number of carbonyl (C=O) groups excluding carboxylic acids is 4. The number of aliphatic hydroxyl groups excluding tert-OH is 2. The number of aromatic hydroxyl groups is 1. The highest BCUT2D eigenvalue weighted by atomic mass is 16.3. The molecule has 38 heavy (non-hydrogen) atoms. The van der Waals surface area contributed by atoms with Gasteiger partial charge in [0, 0.05) is 22.6 Å². The molecule has 1 amide bonds. The fraction of sp³-hybridized carbons (Fsp3) is 0.481. The maximum atomic E-state index is 13.8. The first-order chi connectivity index (χ1) is 17.5. The lowest BCUT2D eigenvalue weighted by Crippen LogP contribution is -2.65. The Morgan fingerprint density at radius 3 is 2.34 bits per heavy atom. The summed E-state index contributed by atoms with van der Waals surface area (Å²) in [5.41, 5.74) is 1.65. The lowest BCUT2D eigenvalue weighted by atomic mass is 9.57. The van der Waals surface area contributed by atoms with E-state index in [1.165, 1.54) is 31.1 Å². The molecule has 11 nitrogen and oxygen atoms in total. The van der Waals surface area contributed by atoms with E-state index in [0.29, 0.717) is 5.56 Å². The van der Waals surface area contributed by atoms with E-state index in [1.54, 1.807) is 0 Å². The van der Waals surface area contributed by atoms with E-state index in [2.05, 4.69) is 5.32 Å². The number of benzene rings is 1. The molecule has 0 unspecified atom stereocenters. The summed E-state index contributed by atoms with van der Waals surface area (Å²) in [7, 11) is 3.06. The number of primary amides is 1. The van der Waals surface area contributed by atoms with Crippen LogP contribution in [0.25, 0.3) is 5.76 Å². The molecule has 0 heterocycles. The molecule has 7 N–H and O–H groups in total. The zero-order chi connectivity index (χ0) is 28.5. The third kappa shape index (κ3) is 4.01. The Balaban J connectivity index is 1.89. The van der Waals surface area contributed by atoms with Gasteiger partial charge in [0.05, 0.1) is 18.2 Å². The van der Waals surface area contributed by atoms with Crippen molar-refractivity contribution in [2.24, 2.45) is 17.6 Å². The number of hydrogen-bond acceptors (Lipinski definition) is 10. The zero-order valence-electron chi connectivity index (χ0n) is 22.0. The van der Waals surface area contributed by atoms with E-state index in [4.69, 9.17) is 5.73 Å². The molecule has 0 radical (unpaired) electrons. The number of nitrogens with two attached hydrogens (primary N) is 1. The summed E-state index contributed by atoms with van der Waals surface area (Å²) >= 11 is 0. The number of carbonyl (C=O) groups is 4. The topological polar surface area (TPSA) is 190 Å². The fourth-order valence-electron chi connectivity index (χ4n) is 5.95. The first-order valence-corrected chi connectivity index (χ1v) is 12.3. The van der Waals surface area contributed by atoms with Crippen molar-refractivity contribution in [2.75, 3.05) is 20.6 Å². The highest BCUT2D eigenvalue weighted by molar-refractivity contribution is 6.24. The zero-order valence-corrected chi connectivity index (χ0v) is 22.0. The number of phenolic OH excluding ortho intramolecular Hbond substituents is 1. The maximum absolute atomic E-state index is 13.8. The molecular formula is C27H33N3O8. The van der Waals surface area contributed by atoms with Gasteiger partial charge in [-0.1, -0.05) is 0 Å². The van der Waals surface area contributed by atoms with Gasteiger partial charge in [0.1, 0.15) is 22.8 Å². The van der Waals surface area contributed by atoms with E-state index in [-0.39, 0.29) is 53.2 Å². The van der Waals surface area contributed by atoms with E-state index in [1.807, 2.05) is 20.8 Å². The smallest absolute Gasteiger partial charge is 0.255 e. The van der Waals surface area contributed by atoms with Crippen LogP contribution in [0.15, 0.2) is 29.0 Å². The average molecular weight is 528 g/mol. The first kappa shape index (κ1) is 27.5. The lowest BCUT2D eigenvalue weighted by molar-refractivity contribution is -0.153. The minimum Gasteiger partial charge on any atom is -0.508 e. The van der Waals surface area contributed by atoms with Gasteiger partial charge in [-0.05, 0) is 71.3 Å². The van der Waals surface area contributed by atoms with Crippen LogP contribution in [0.3, 0.4) is 0 Å². The van der Waals surface area contributed by atoms with Crippen molar-refractivity contribution >= 4 is 29.0 Å². The van der Waals surface area contributed by atoms with Gasteiger partial charge >= 0.3 is 0 Å². The number of rotatable bonds is 5. The van der Waals surface area contributed by atoms with Crippen LogP contribution in [0.5, 0.6) is 5.75 Å². The van der Waals surface area contributed by atoms with Crippen molar-refractivity contribution in [3.05, 3.63) is 45.7 Å². The van der Waals surface area contributed by atoms with Crippen molar-refractivity contribution in [1.82, 2.24) is 10.2 Å². The summed E-state index contributed by atoms with van der Waals surface area (Å²) in [4.78, 5) is 53.6. The third-order valence-corrected chi connectivity index (χ3v) is 7.68. The predicted molar refractivity (Wildman–Crippen MR) is 136 cm³/mol. The molecule has 0 bridgehead atoms. The maximum Gasteiger partial charge on any atom is 0.255 e. The van der Waals surface area contributed by atoms with E-state index < -0.39 is 58.0 Å². The van der Waals surface area contributed by atoms with Gasteiger partial charge < -0.3 is 31.5 Å². The molecule has 0 aliphatic heterocycles. The molecule has 0 spiro atoms. The van der Waals surface area contributed by atoms with Crippen molar-refractivity contribution in [3.63, 3.8) is 0 Å². The number of likely N-dealkylation sites (N-methyl/N-ethyl adjacent to an activating group) is 1. The van der Waals surface area contributed by atoms with Gasteiger partial charge in [0.25, 0.3) is 5.91 Å². The Kier molecular flexibility index (Phi) is 6.54. The van der Waals surface area contributed by atoms with Crippen molar-refractivity contribution in [3.8, 4) is 5.75 Å². The van der Waals surface area contributed by atoms with Crippen molar-refractivity contribution in [1.29, 1.82) is 0 Å². The van der Waals surface area contributed by atoms with Gasteiger partial charge in [-0.15, -0.1) is 0 Å². The Morgan fingerprint density at radius 2 is 1.79 bits per heavy atom. The molecule has 3 aliphatic rings. The summed E-state index contributed by atoms with van der Waals surface area (Å²) in [5.74, 6) is -7.56. The minimum absolute atomic E-state index is 0.00418. The van der Waals surface area contributed by atoms with Crippen LogP contribution in [0.2, 0.25) is 0 Å². The predicted octanol–water partition coefficient (Wildman–Crippen LogP) is 0.535. The second-order valence-electron chi connectivity index (χ2n) is 11.5. The van der Waals surface area contributed by atoms with E-state index in [0.717, 1.165) is 0 Å². The largest absolute Gasteiger partial charge is 0.508 e. The molecule has 11 heteroatoms. The molecule has 1 aromatic carbocycles. The molecule has 204 valence electrons. The number of hydrogen-bond donors (Lipinski definition) is 6. The normalized spacial score (nSPS) is 27.3. The minimum atomic E-state index is -2.70. The molecular weight excluding hydrogens is 494 g/mol. The van der Waals surface area contributed by atoms with Gasteiger partial charge in [-0.3, -0.25) is 24.1 Å². The van der Waals surface area contributed by atoms with Crippen molar-refractivity contribution in [2.45, 2.75) is 50.8 Å². The Labute approximate surface area is 219 Å². The number of phenols is 1. The highest BCUT2D eigenvalue weighted by Gasteiger charge is 2.64. The number of Topliss-reactive ketones (excluding diaryl/α,β-unsaturated/α-hetero) is 3. The summed E-state index contributed by atoms with van der Waals surface area (Å²) in [6, 6.07) is 1.53. The lowest BCUT2D eigenvalue weighted by Gasteiger charge is -2.50. The molecule has 4 atom stereocenters. The standard InChI is InChI=1S/C27H33N3O8/c1-26(2,3)29-10-16(32)12-6-7-15(31)18-13(12)8-11-9-14-20(30(4)5)22(34)19(25(28)37)24(36)27(14,38)23(35)17(11)21(18)33/h6-7,11,14,20,29,31,33,36,38H,8-10H2,1-5H3,(H2,28,37)/t11-,14-,20-,27-/m0/s1. The molecule has 4 rings (SSSR count). The molecule has 1 saturated carbocycles. The van der Waals surface area contributed by atoms with Crippen LogP contribution >= 0.6 is 0 Å². The average Bonchev–Trinajstić information content (AvgIpc) is 2.79. The summed E-state index contributed by atoms with van der Waals surface area (Å²) < 4.78 is 0. The number of amides is 1. The van der Waals surface area contributed by atoms with Crippen LogP contribution in [-0.4, -0.2) is 86.4 Å². The quantitative estimate of drug-likeness (QED) is 0.233. The van der Waals surface area contributed by atoms with Gasteiger partial charge in [0.15, 0.2) is 17.2 Å². The monoisotopic (exact) mass is 527 g/mol. The molecule has 1 aromatic rings. The van der Waals surface area contributed by atoms with Crippen molar-refractivity contribution < 1.29 is 39.6 Å². The van der Waals surface area contributed by atoms with Crippen LogP contribution in [0.1, 0.15) is 48.7 Å². The summed E-state index contributed by atoms with van der Waals surface area (Å²) in [6.07, 6.45) is 0.00875. The SMILES string of the molecule is CN(C)[C@@H]1C(=O)C(C(N)=O)=C(O)[C@@]2(O)C(=O)C3=C(O)c4c(O)ccc(C(=O)CNC(C)(C)C)c4C[C@H]3C[C@@H]12. The molecule has 1 fully saturated rings. The van der Waals surface area contributed by atoms with Gasteiger partial charge in [-0.2, -0.15) is 0 Å². The number of ketones is 3. The molecule has 3 aliphatic carbocycles. The van der Waals surface area contributed by atoms with Crippen LogP contribution in [-0.2, 0) is 20.8 Å². The summed E-state index contributed by atoms with van der Waals surface area (Å²) in [6.45, 7) is 5.71. The fourth-order valence-corrected chi connectivity index (χ4v) is 5.95. The van der Waals surface area contributed by atoms with E-state index >= 15 is 0 Å². The second-order valence-corrected chi connectivity index (χ2v) is 11.5. The Bertz CT molecular complexity index is 1340. The van der Waals surface area contributed by atoms with Crippen LogP contribution in [0, 0.1) is 11.8 Å². The van der Waals surface area contributed by atoms with Gasteiger partial charge in [0.2, 0.25) is 5.78 Å². The number of aliphatic hydroxyl groups is 3. The molecule has 0 saturated heterocycles. The molecule has 0 aromatic heterocycles. The second kappa shape index (κ2) is 9.04. The van der Waals surface area contributed by atoms with Crippen LogP contribution < -0.4 is 11.1 Å². The Morgan fingerprint density at radius 1 is 1.16 bits per heavy atom. The van der Waals surface area contributed by atoms with Crippen LogP contribution in [0.4, 0.5) is 0 Å². The van der Waals surface area contributed by atoms with Gasteiger partial charge in [-0.25, -0.2) is 0 Å². The van der Waals surface area contributed by atoms with E-state index in [9.17, 15) is 39.6 Å². The third-order valence-electron chi connectivity index (χ3n) is 7.68. The Hall–Kier alpha value is -3.54. The highest BCUT2D eigenvalue weighted by Crippen LogP contribution is 2.52. The number of nitrogens with one attached hydrogen (secondary N) is 1. The summed E-state index contributed by atoms with van der Waals surface area (Å²) in [5, 5.41) is 47.5. The first-order valence-electron chi connectivity index (χ1n) is 12.3. The number of nitrogens with zero attached hydrogens (tertiary/aromatic N) is 1. The number of fused-ring (bicyclic) bond motifs is 3.